The number of nitrogens with two attached hydrogens (primary N) is 1. The van der Waals surface area contributed by atoms with E-state index in [4.69, 9.17) is 5.73 Å². The summed E-state index contributed by atoms with van der Waals surface area (Å²) in [6, 6.07) is 2.64. The molecule has 2 aliphatic heterocycles. The van der Waals surface area contributed by atoms with Crippen LogP contribution in [0.2, 0.25) is 0 Å². The molecule has 1 amide bonds. The van der Waals surface area contributed by atoms with E-state index in [1.807, 2.05) is 0 Å². The van der Waals surface area contributed by atoms with Gasteiger partial charge in [0.25, 0.3) is 5.91 Å². The zero-order chi connectivity index (χ0) is 20.0. The lowest BCUT2D eigenvalue weighted by Crippen LogP contribution is -2.50. The van der Waals surface area contributed by atoms with Crippen molar-refractivity contribution in [2.24, 2.45) is 15.7 Å². The number of carbonyl (C=O) groups is 1. The minimum Gasteiger partial charge on any atom is -0.378 e. The molecule has 0 saturated carbocycles. The molecule has 0 radical (unpaired) electrons. The second kappa shape index (κ2) is 6.39. The number of hydrogen-bond acceptors (Lipinski definition) is 5. The van der Waals surface area contributed by atoms with E-state index in [9.17, 15) is 23.1 Å². The number of hydrogen-bond donors (Lipinski definition) is 2. The Morgan fingerprint density at radius 3 is 2.67 bits per heavy atom. The van der Waals surface area contributed by atoms with E-state index in [0.29, 0.717) is 16.1 Å². The molecule has 1 aromatic carbocycles. The number of amides is 1. The highest BCUT2D eigenvalue weighted by Crippen LogP contribution is 2.33. The molecule has 0 fully saturated rings. The molecule has 2 heterocycles. The van der Waals surface area contributed by atoms with E-state index in [1.165, 1.54) is 13.8 Å². The number of aliphatic hydroxyl groups is 1. The largest absolute Gasteiger partial charge is 0.414 e. The SMILES string of the molecule is CC(C)(O)C#Cc1ccc2c(c1)=C1N=C(C(N)=O)C(C(F)(F)F)N1CCN=2. The van der Waals surface area contributed by atoms with Crippen LogP contribution in [0.15, 0.2) is 28.2 Å². The maximum atomic E-state index is 13.6. The first-order chi connectivity index (χ1) is 12.5. The zero-order valence-electron chi connectivity index (χ0n) is 14.6. The van der Waals surface area contributed by atoms with Gasteiger partial charge in [-0.3, -0.25) is 9.79 Å². The van der Waals surface area contributed by atoms with Crippen LogP contribution in [-0.2, 0) is 4.79 Å². The third kappa shape index (κ3) is 3.80. The standard InChI is InChI=1S/C18H17F3N4O2/c1-17(2,27)6-5-10-3-4-12-11(9-10)16-24-13(15(22)26)14(18(19,20)21)25(16)8-7-23-12/h3-4,9,14,27H,7-8H2,1-2H3,(H2,22,26). The van der Waals surface area contributed by atoms with Crippen molar-refractivity contribution < 1.29 is 23.1 Å². The van der Waals surface area contributed by atoms with Gasteiger partial charge in [0.1, 0.15) is 17.1 Å². The van der Waals surface area contributed by atoms with Crippen molar-refractivity contribution >= 4 is 17.4 Å². The van der Waals surface area contributed by atoms with Crippen molar-refractivity contribution in [3.63, 3.8) is 0 Å². The Kier molecular flexibility index (Phi) is 4.48. The molecule has 3 rings (SSSR count). The van der Waals surface area contributed by atoms with Crippen molar-refractivity contribution in [2.75, 3.05) is 13.1 Å². The van der Waals surface area contributed by atoms with E-state index < -0.39 is 29.4 Å². The first kappa shape index (κ1) is 18.9. The van der Waals surface area contributed by atoms with Crippen LogP contribution in [0.5, 0.6) is 0 Å². The number of alkyl halides is 3. The van der Waals surface area contributed by atoms with Crippen molar-refractivity contribution in [3.05, 3.63) is 34.3 Å². The average Bonchev–Trinajstić information content (AvgIpc) is 2.85. The number of halogens is 3. The van der Waals surface area contributed by atoms with Crippen LogP contribution >= 0.6 is 0 Å². The molecule has 0 aromatic heterocycles. The van der Waals surface area contributed by atoms with Crippen LogP contribution in [-0.4, -0.2) is 52.5 Å². The highest BCUT2D eigenvalue weighted by Gasteiger charge is 2.52. The molecule has 3 N–H and O–H groups in total. The molecular formula is C18H17F3N4O2. The summed E-state index contributed by atoms with van der Waals surface area (Å²) in [6.07, 6.45) is -4.71. The third-order valence-corrected chi connectivity index (χ3v) is 4.00. The Bertz CT molecular complexity index is 1010. The number of benzene rings is 1. The van der Waals surface area contributed by atoms with Crippen molar-refractivity contribution in [1.82, 2.24) is 4.90 Å². The topological polar surface area (TPSA) is 91.3 Å². The fourth-order valence-corrected chi connectivity index (χ4v) is 2.91. The fourth-order valence-electron chi connectivity index (χ4n) is 2.91. The molecule has 1 unspecified atom stereocenters. The summed E-state index contributed by atoms with van der Waals surface area (Å²) < 4.78 is 40.7. The molecule has 9 heteroatoms. The molecule has 1 atom stereocenters. The van der Waals surface area contributed by atoms with Gasteiger partial charge < -0.3 is 15.7 Å². The molecule has 0 aliphatic carbocycles. The van der Waals surface area contributed by atoms with Crippen molar-refractivity contribution in [3.8, 4) is 11.8 Å². The number of carbonyl (C=O) groups excluding carboxylic acids is 1. The lowest BCUT2D eigenvalue weighted by molar-refractivity contribution is -0.156. The predicted molar refractivity (Wildman–Crippen MR) is 91.9 cm³/mol. The van der Waals surface area contributed by atoms with Gasteiger partial charge in [-0.25, -0.2) is 4.99 Å². The van der Waals surface area contributed by atoms with E-state index in [1.54, 1.807) is 18.2 Å². The molecule has 6 nitrogen and oxygen atoms in total. The molecule has 27 heavy (non-hydrogen) atoms. The van der Waals surface area contributed by atoms with Gasteiger partial charge in [0.15, 0.2) is 6.04 Å². The van der Waals surface area contributed by atoms with E-state index in [2.05, 4.69) is 21.8 Å². The lowest BCUT2D eigenvalue weighted by Gasteiger charge is -2.27. The summed E-state index contributed by atoms with van der Waals surface area (Å²) in [5.74, 6) is 4.20. The van der Waals surface area contributed by atoms with Gasteiger partial charge in [-0.1, -0.05) is 11.8 Å². The van der Waals surface area contributed by atoms with Crippen molar-refractivity contribution in [2.45, 2.75) is 31.7 Å². The summed E-state index contributed by atoms with van der Waals surface area (Å²) in [4.78, 5) is 20.8. The fraction of sp³-hybridized carbons (Fsp3) is 0.389. The zero-order valence-corrected chi connectivity index (χ0v) is 14.6. The minimum absolute atomic E-state index is 0.00529. The van der Waals surface area contributed by atoms with Gasteiger partial charge in [0, 0.05) is 17.3 Å². The highest BCUT2D eigenvalue weighted by molar-refractivity contribution is 6.42. The lowest BCUT2D eigenvalue weighted by atomic mass is 10.1. The Hall–Kier alpha value is -2.86. The summed E-state index contributed by atoms with van der Waals surface area (Å²) in [7, 11) is 0. The molecule has 142 valence electrons. The number of fused-ring (bicyclic) bond motifs is 2. The first-order valence-electron chi connectivity index (χ1n) is 8.13. The van der Waals surface area contributed by atoms with Crippen LogP contribution in [0.4, 0.5) is 13.2 Å². The molecule has 0 saturated heterocycles. The summed E-state index contributed by atoms with van der Waals surface area (Å²) in [5, 5.41) is 10.5. The molecule has 1 aromatic rings. The van der Waals surface area contributed by atoms with Gasteiger partial charge in [-0.2, -0.15) is 13.2 Å². The van der Waals surface area contributed by atoms with E-state index in [0.717, 1.165) is 4.90 Å². The maximum Gasteiger partial charge on any atom is 0.414 e. The number of aliphatic imine (C=N–C) groups is 1. The van der Waals surface area contributed by atoms with Crippen LogP contribution in [0, 0.1) is 11.8 Å². The van der Waals surface area contributed by atoms with Crippen LogP contribution in [0.3, 0.4) is 0 Å². The quantitative estimate of drug-likeness (QED) is 0.657. The Balaban J connectivity index is 2.25. The Labute approximate surface area is 152 Å². The Morgan fingerprint density at radius 2 is 2.07 bits per heavy atom. The second-order valence-corrected chi connectivity index (χ2v) is 6.75. The van der Waals surface area contributed by atoms with Gasteiger partial charge in [0.2, 0.25) is 0 Å². The number of rotatable bonds is 1. The van der Waals surface area contributed by atoms with Crippen LogP contribution < -0.4 is 16.3 Å². The predicted octanol–water partition coefficient (Wildman–Crippen LogP) is -0.319. The molecular weight excluding hydrogens is 361 g/mol. The van der Waals surface area contributed by atoms with Gasteiger partial charge >= 0.3 is 6.18 Å². The monoisotopic (exact) mass is 378 g/mol. The maximum absolute atomic E-state index is 13.6. The number of nitrogens with zero attached hydrogens (tertiary/aromatic N) is 3. The molecule has 2 aliphatic rings. The summed E-state index contributed by atoms with van der Waals surface area (Å²) in [6.45, 7) is 3.09. The summed E-state index contributed by atoms with van der Waals surface area (Å²) in [5.41, 5.74) is 3.66. The third-order valence-electron chi connectivity index (χ3n) is 4.00. The smallest absolute Gasteiger partial charge is 0.378 e. The van der Waals surface area contributed by atoms with Gasteiger partial charge in [-0.05, 0) is 32.0 Å². The van der Waals surface area contributed by atoms with E-state index >= 15 is 0 Å². The average molecular weight is 378 g/mol. The molecule has 0 bridgehead atoms. The normalized spacial score (nSPS) is 19.2. The highest BCUT2D eigenvalue weighted by atomic mass is 19.4. The number of primary amides is 1. The molecule has 0 spiro atoms. The second-order valence-electron chi connectivity index (χ2n) is 6.75. The van der Waals surface area contributed by atoms with Crippen LogP contribution in [0.1, 0.15) is 19.4 Å². The first-order valence-corrected chi connectivity index (χ1v) is 8.13. The van der Waals surface area contributed by atoms with Crippen LogP contribution in [0.25, 0.3) is 5.82 Å². The van der Waals surface area contributed by atoms with Gasteiger partial charge in [0.05, 0.1) is 11.9 Å². The minimum atomic E-state index is -4.71. The Morgan fingerprint density at radius 1 is 1.37 bits per heavy atom. The van der Waals surface area contributed by atoms with E-state index in [-0.39, 0.29) is 18.9 Å². The van der Waals surface area contributed by atoms with Gasteiger partial charge in [-0.15, -0.1) is 0 Å². The van der Waals surface area contributed by atoms with Crippen molar-refractivity contribution in [1.29, 1.82) is 0 Å². The summed E-state index contributed by atoms with van der Waals surface area (Å²) >= 11 is 0.